The van der Waals surface area contributed by atoms with E-state index in [9.17, 15) is 0 Å². The van der Waals surface area contributed by atoms with Crippen LogP contribution in [0.1, 0.15) is 104 Å². The van der Waals surface area contributed by atoms with Crippen LogP contribution in [0, 0.1) is 0 Å². The maximum absolute atomic E-state index is 6.47. The molecule has 0 aliphatic heterocycles. The van der Waals surface area contributed by atoms with E-state index in [-0.39, 0.29) is 17.9 Å². The Morgan fingerprint density at radius 3 is 1.41 bits per heavy atom. The predicted octanol–water partition coefficient (Wildman–Crippen LogP) is 6.49. The molecule has 0 spiro atoms. The molecule has 0 rings (SSSR count). The monoisotopic (exact) mass is 425 g/mol. The highest BCUT2D eigenvalue weighted by atomic mass is 35.5. The number of hydrogen-bond acceptors (Lipinski definition) is 4. The summed E-state index contributed by atoms with van der Waals surface area (Å²) in [7, 11) is 2.50. The third-order valence-electron chi connectivity index (χ3n) is 5.54. The lowest BCUT2D eigenvalue weighted by atomic mass is 9.92. The molecule has 4 nitrogen and oxygen atoms in total. The van der Waals surface area contributed by atoms with Crippen LogP contribution in [0.15, 0.2) is 0 Å². The Morgan fingerprint density at radius 1 is 0.667 bits per heavy atom. The zero-order chi connectivity index (χ0) is 19.7. The van der Waals surface area contributed by atoms with Crippen molar-refractivity contribution in [2.75, 3.05) is 21.3 Å². The van der Waals surface area contributed by atoms with Crippen molar-refractivity contribution in [1.82, 2.24) is 0 Å². The Kier molecular flexibility index (Phi) is 20.1. The minimum Gasteiger partial charge on any atom is -0.377 e. The molecule has 1 unspecified atom stereocenters. The summed E-state index contributed by atoms with van der Waals surface area (Å²) in [6.45, 7) is 4.42. The van der Waals surface area contributed by atoms with Gasteiger partial charge in [-0.2, -0.15) is 0 Å². The molecule has 0 heterocycles. The first kappa shape index (κ1) is 29.5. The lowest BCUT2D eigenvalue weighted by molar-refractivity contribution is 0.120. The quantitative estimate of drug-likeness (QED) is 0.190. The summed E-state index contributed by atoms with van der Waals surface area (Å²) in [6, 6.07) is 0.780. The second-order valence-electron chi connectivity index (χ2n) is 8.09. The second-order valence-corrected chi connectivity index (χ2v) is 11.2. The summed E-state index contributed by atoms with van der Waals surface area (Å²) in [5.41, 5.74) is 6.31. The number of hydrogen-bond donors (Lipinski definition) is 1. The minimum absolute atomic E-state index is 0. The Labute approximate surface area is 177 Å². The van der Waals surface area contributed by atoms with Crippen molar-refractivity contribution >= 4 is 21.2 Å². The first-order valence-electron chi connectivity index (χ1n) is 10.9. The molecular formula is C21H48ClNO3Si. The van der Waals surface area contributed by atoms with Gasteiger partial charge in [-0.25, -0.2) is 0 Å². The highest BCUT2D eigenvalue weighted by molar-refractivity contribution is 6.60. The SMILES string of the molecule is CCCCCCCCCCCCCCC(C)(N)CC[Si](OC)(OC)OC.Cl. The molecule has 0 saturated heterocycles. The summed E-state index contributed by atoms with van der Waals surface area (Å²) in [4.78, 5) is 0. The average Bonchev–Trinajstić information content (AvgIpc) is 2.64. The number of nitrogens with two attached hydrogens (primary N) is 1. The van der Waals surface area contributed by atoms with Crippen molar-refractivity contribution < 1.29 is 13.3 Å². The van der Waals surface area contributed by atoms with Crippen LogP contribution in [-0.4, -0.2) is 35.7 Å². The van der Waals surface area contributed by atoms with E-state index < -0.39 is 8.80 Å². The molecule has 0 radical (unpaired) electrons. The van der Waals surface area contributed by atoms with Crippen LogP contribution >= 0.6 is 12.4 Å². The van der Waals surface area contributed by atoms with E-state index in [1.807, 2.05) is 0 Å². The molecule has 0 aliphatic carbocycles. The second kappa shape index (κ2) is 18.4. The van der Waals surface area contributed by atoms with Crippen molar-refractivity contribution in [3.05, 3.63) is 0 Å². The first-order chi connectivity index (χ1) is 12.4. The van der Waals surface area contributed by atoms with Crippen molar-refractivity contribution in [3.8, 4) is 0 Å². The molecule has 0 bridgehead atoms. The van der Waals surface area contributed by atoms with Gasteiger partial charge >= 0.3 is 8.80 Å². The van der Waals surface area contributed by atoms with E-state index >= 15 is 0 Å². The molecule has 1 atom stereocenters. The Balaban J connectivity index is 0. The van der Waals surface area contributed by atoms with Crippen LogP contribution in [0.3, 0.4) is 0 Å². The third kappa shape index (κ3) is 15.9. The lowest BCUT2D eigenvalue weighted by Gasteiger charge is -2.30. The van der Waals surface area contributed by atoms with Gasteiger partial charge in [-0.3, -0.25) is 0 Å². The zero-order valence-corrected chi connectivity index (χ0v) is 20.6. The predicted molar refractivity (Wildman–Crippen MR) is 122 cm³/mol. The van der Waals surface area contributed by atoms with Gasteiger partial charge in [-0.05, 0) is 19.8 Å². The highest BCUT2D eigenvalue weighted by Gasteiger charge is 2.39. The normalized spacial score (nSPS) is 14.0. The third-order valence-corrected chi connectivity index (χ3v) is 8.27. The summed E-state index contributed by atoms with van der Waals surface area (Å²) in [5.74, 6) is 0. The maximum atomic E-state index is 6.47. The molecule has 2 N–H and O–H groups in total. The van der Waals surface area contributed by atoms with E-state index in [1.54, 1.807) is 21.3 Å². The van der Waals surface area contributed by atoms with Gasteiger partial charge in [0.2, 0.25) is 0 Å². The van der Waals surface area contributed by atoms with E-state index in [0.717, 1.165) is 18.9 Å². The van der Waals surface area contributed by atoms with Crippen molar-refractivity contribution in [3.63, 3.8) is 0 Å². The Bertz CT molecular complexity index is 308. The highest BCUT2D eigenvalue weighted by Crippen LogP contribution is 2.24. The average molecular weight is 426 g/mol. The Morgan fingerprint density at radius 2 is 1.04 bits per heavy atom. The fourth-order valence-electron chi connectivity index (χ4n) is 3.49. The minimum atomic E-state index is -2.49. The first-order valence-corrected chi connectivity index (χ1v) is 12.8. The van der Waals surface area contributed by atoms with Crippen molar-refractivity contribution in [1.29, 1.82) is 0 Å². The molecular weight excluding hydrogens is 378 g/mol. The molecule has 0 aromatic heterocycles. The fourth-order valence-corrected chi connectivity index (χ4v) is 5.48. The maximum Gasteiger partial charge on any atom is 0.500 e. The van der Waals surface area contributed by atoms with Crippen LogP contribution in [0.4, 0.5) is 0 Å². The molecule has 0 aromatic rings. The molecule has 0 aromatic carbocycles. The summed E-state index contributed by atoms with van der Waals surface area (Å²) < 4.78 is 16.5. The van der Waals surface area contributed by atoms with Crippen LogP contribution < -0.4 is 5.73 Å². The van der Waals surface area contributed by atoms with Gasteiger partial charge in [0.15, 0.2) is 0 Å². The van der Waals surface area contributed by atoms with Gasteiger partial charge in [0.05, 0.1) is 0 Å². The van der Waals surface area contributed by atoms with Crippen LogP contribution in [0.5, 0.6) is 0 Å². The van der Waals surface area contributed by atoms with Crippen molar-refractivity contribution in [2.45, 2.75) is 115 Å². The summed E-state index contributed by atoms with van der Waals surface area (Å²) >= 11 is 0. The zero-order valence-electron chi connectivity index (χ0n) is 18.8. The molecule has 0 aliphatic rings. The molecule has 166 valence electrons. The van der Waals surface area contributed by atoms with Gasteiger partial charge in [0.1, 0.15) is 0 Å². The fraction of sp³-hybridized carbons (Fsp3) is 1.00. The van der Waals surface area contributed by atoms with Gasteiger partial charge in [0.25, 0.3) is 0 Å². The lowest BCUT2D eigenvalue weighted by Crippen LogP contribution is -2.46. The molecule has 0 saturated carbocycles. The van der Waals surface area contributed by atoms with E-state index in [0.29, 0.717) is 0 Å². The van der Waals surface area contributed by atoms with E-state index in [4.69, 9.17) is 19.0 Å². The molecule has 27 heavy (non-hydrogen) atoms. The Hall–Kier alpha value is 0.347. The summed E-state index contributed by atoms with van der Waals surface area (Å²) in [6.07, 6.45) is 18.5. The van der Waals surface area contributed by atoms with Gasteiger partial charge < -0.3 is 19.0 Å². The molecule has 6 heteroatoms. The van der Waals surface area contributed by atoms with Crippen molar-refractivity contribution in [2.24, 2.45) is 5.73 Å². The van der Waals surface area contributed by atoms with Crippen LogP contribution in [-0.2, 0) is 13.3 Å². The smallest absolute Gasteiger partial charge is 0.377 e. The molecule has 0 amide bonds. The topological polar surface area (TPSA) is 53.7 Å². The van der Waals surface area contributed by atoms with Gasteiger partial charge in [-0.15, -0.1) is 12.4 Å². The standard InChI is InChI=1S/C21H47NO3Si.ClH/c1-6-7-8-9-10-11-12-13-14-15-16-17-18-21(2,22)19-20-26(23-3,24-4)25-5;/h6-20,22H2,1-5H3;1H. The van der Waals surface area contributed by atoms with Crippen LogP contribution in [0.2, 0.25) is 6.04 Å². The van der Waals surface area contributed by atoms with E-state index in [1.165, 1.54) is 77.0 Å². The van der Waals surface area contributed by atoms with Gasteiger partial charge in [-0.1, -0.05) is 84.0 Å². The van der Waals surface area contributed by atoms with E-state index in [2.05, 4.69) is 13.8 Å². The summed E-state index contributed by atoms with van der Waals surface area (Å²) in [5, 5.41) is 0. The number of rotatable bonds is 19. The van der Waals surface area contributed by atoms with Crippen LogP contribution in [0.25, 0.3) is 0 Å². The number of unbranched alkanes of at least 4 members (excludes halogenated alkanes) is 11. The largest absolute Gasteiger partial charge is 0.500 e. The molecule has 0 fully saturated rings. The number of halogens is 1. The van der Waals surface area contributed by atoms with Gasteiger partial charge in [0, 0.05) is 32.9 Å².